The van der Waals surface area contributed by atoms with Crippen LogP contribution in [0.2, 0.25) is 0 Å². The number of carbonyl (C=O) groups excluding carboxylic acids is 1. The van der Waals surface area contributed by atoms with E-state index in [0.717, 1.165) is 29.6 Å². The van der Waals surface area contributed by atoms with Crippen molar-refractivity contribution in [1.82, 2.24) is 15.3 Å². The summed E-state index contributed by atoms with van der Waals surface area (Å²) < 4.78 is 44.9. The van der Waals surface area contributed by atoms with E-state index in [1.807, 2.05) is 24.3 Å². The third-order valence-electron chi connectivity index (χ3n) is 5.00. The van der Waals surface area contributed by atoms with E-state index in [1.54, 1.807) is 6.07 Å². The monoisotopic (exact) mass is 418 g/mol. The van der Waals surface area contributed by atoms with Gasteiger partial charge in [0.1, 0.15) is 0 Å². The molecule has 1 aromatic heterocycles. The average molecular weight is 418 g/mol. The lowest BCUT2D eigenvalue weighted by Gasteiger charge is -2.21. The molecular formula is C21H21F3N4O2. The molecule has 0 spiro atoms. The standard InChI is InChI=1S/C21H21F3N4O2/c22-21(23,24)14-5-3-4-13(10-14)18(11-19(29)25-15-8-9-30-12-15)28-20-26-16-6-1-2-7-17(16)27-20/h1-7,10,15,18H,8-9,11-12H2,(H,25,29)(H2,26,27,28)/t15-,18?/m0/s1. The summed E-state index contributed by atoms with van der Waals surface area (Å²) in [6.07, 6.45) is -3.80. The summed E-state index contributed by atoms with van der Waals surface area (Å²) in [7, 11) is 0. The molecule has 158 valence electrons. The van der Waals surface area contributed by atoms with Crippen molar-refractivity contribution in [3.8, 4) is 0 Å². The van der Waals surface area contributed by atoms with Crippen molar-refractivity contribution < 1.29 is 22.7 Å². The number of alkyl halides is 3. The number of ether oxygens (including phenoxy) is 1. The first-order chi connectivity index (χ1) is 14.4. The van der Waals surface area contributed by atoms with Crippen LogP contribution in [0.25, 0.3) is 11.0 Å². The molecule has 1 aliphatic rings. The van der Waals surface area contributed by atoms with Crippen molar-refractivity contribution in [2.45, 2.75) is 31.1 Å². The molecule has 1 unspecified atom stereocenters. The molecule has 4 rings (SSSR count). The number of H-pyrrole nitrogens is 1. The summed E-state index contributed by atoms with van der Waals surface area (Å²) in [6.45, 7) is 1.02. The van der Waals surface area contributed by atoms with Crippen LogP contribution < -0.4 is 10.6 Å². The first kappa shape index (κ1) is 20.2. The lowest BCUT2D eigenvalue weighted by molar-refractivity contribution is -0.137. The minimum atomic E-state index is -4.47. The molecule has 0 radical (unpaired) electrons. The Bertz CT molecular complexity index is 995. The van der Waals surface area contributed by atoms with Gasteiger partial charge in [-0.3, -0.25) is 4.79 Å². The quantitative estimate of drug-likeness (QED) is 0.565. The third kappa shape index (κ3) is 4.73. The van der Waals surface area contributed by atoms with Crippen LogP contribution in [0.5, 0.6) is 0 Å². The molecule has 2 aromatic carbocycles. The van der Waals surface area contributed by atoms with Crippen LogP contribution in [0.15, 0.2) is 48.5 Å². The Kier molecular flexibility index (Phi) is 5.63. The predicted molar refractivity (Wildman–Crippen MR) is 106 cm³/mol. The van der Waals surface area contributed by atoms with Crippen molar-refractivity contribution in [2.75, 3.05) is 18.5 Å². The summed E-state index contributed by atoms with van der Waals surface area (Å²) in [6, 6.07) is 11.6. The fourth-order valence-electron chi connectivity index (χ4n) is 3.49. The molecule has 0 saturated carbocycles. The second-order valence-corrected chi connectivity index (χ2v) is 7.25. The SMILES string of the molecule is O=C(CC(Nc1nc2ccccc2[nH]1)c1cccc(C(F)(F)F)c1)N[C@H]1CCOC1. The number of nitrogens with one attached hydrogen (secondary N) is 3. The molecule has 1 saturated heterocycles. The van der Waals surface area contributed by atoms with Crippen molar-refractivity contribution in [2.24, 2.45) is 0 Å². The topological polar surface area (TPSA) is 79.0 Å². The number of hydrogen-bond donors (Lipinski definition) is 3. The van der Waals surface area contributed by atoms with E-state index in [4.69, 9.17) is 4.74 Å². The summed E-state index contributed by atoms with van der Waals surface area (Å²) in [5.74, 6) is 0.118. The van der Waals surface area contributed by atoms with Gasteiger partial charge in [0.2, 0.25) is 11.9 Å². The Morgan fingerprint density at radius 1 is 1.23 bits per heavy atom. The van der Waals surface area contributed by atoms with Crippen molar-refractivity contribution in [3.05, 3.63) is 59.7 Å². The lowest BCUT2D eigenvalue weighted by atomic mass is 10.0. The molecule has 2 heterocycles. The van der Waals surface area contributed by atoms with Crippen LogP contribution in [-0.4, -0.2) is 35.1 Å². The Morgan fingerprint density at radius 3 is 2.80 bits per heavy atom. The molecule has 1 fully saturated rings. The van der Waals surface area contributed by atoms with Gasteiger partial charge in [-0.15, -0.1) is 0 Å². The number of aromatic amines is 1. The van der Waals surface area contributed by atoms with Gasteiger partial charge in [0.25, 0.3) is 0 Å². The molecule has 3 aromatic rings. The first-order valence-electron chi connectivity index (χ1n) is 9.64. The predicted octanol–water partition coefficient (Wildman–Crippen LogP) is 4.03. The molecule has 1 amide bonds. The second-order valence-electron chi connectivity index (χ2n) is 7.25. The maximum atomic E-state index is 13.2. The van der Waals surface area contributed by atoms with E-state index in [9.17, 15) is 18.0 Å². The normalized spacial score (nSPS) is 17.8. The highest BCUT2D eigenvalue weighted by Crippen LogP contribution is 2.32. The number of rotatable bonds is 6. The number of amides is 1. The number of para-hydroxylation sites is 2. The summed E-state index contributed by atoms with van der Waals surface area (Å²) in [5, 5.41) is 5.97. The smallest absolute Gasteiger partial charge is 0.379 e. The number of nitrogens with zero attached hydrogens (tertiary/aromatic N) is 1. The Balaban J connectivity index is 1.59. The molecule has 0 aliphatic carbocycles. The largest absolute Gasteiger partial charge is 0.416 e. The van der Waals surface area contributed by atoms with Gasteiger partial charge in [-0.25, -0.2) is 4.98 Å². The Hall–Kier alpha value is -3.07. The van der Waals surface area contributed by atoms with Gasteiger partial charge in [0, 0.05) is 6.61 Å². The number of anilines is 1. The van der Waals surface area contributed by atoms with E-state index in [1.165, 1.54) is 6.07 Å². The van der Waals surface area contributed by atoms with Crippen LogP contribution in [-0.2, 0) is 15.7 Å². The van der Waals surface area contributed by atoms with Gasteiger partial charge in [-0.05, 0) is 36.2 Å². The highest BCUT2D eigenvalue weighted by Gasteiger charge is 2.31. The highest BCUT2D eigenvalue weighted by molar-refractivity contribution is 5.79. The van der Waals surface area contributed by atoms with E-state index in [0.29, 0.717) is 24.7 Å². The first-order valence-corrected chi connectivity index (χ1v) is 9.64. The fraction of sp³-hybridized carbons (Fsp3) is 0.333. The molecule has 0 bridgehead atoms. The molecule has 2 atom stereocenters. The van der Waals surface area contributed by atoms with Gasteiger partial charge in [-0.1, -0.05) is 24.3 Å². The van der Waals surface area contributed by atoms with Crippen molar-refractivity contribution >= 4 is 22.9 Å². The molecule has 3 N–H and O–H groups in total. The molecule has 1 aliphatic heterocycles. The van der Waals surface area contributed by atoms with Gasteiger partial charge in [-0.2, -0.15) is 13.2 Å². The van der Waals surface area contributed by atoms with Crippen LogP contribution in [0.4, 0.5) is 19.1 Å². The van der Waals surface area contributed by atoms with Gasteiger partial charge in [0.15, 0.2) is 0 Å². The van der Waals surface area contributed by atoms with Gasteiger partial charge >= 0.3 is 6.18 Å². The zero-order chi connectivity index (χ0) is 21.1. The van der Waals surface area contributed by atoms with E-state index < -0.39 is 17.8 Å². The van der Waals surface area contributed by atoms with Crippen molar-refractivity contribution in [1.29, 1.82) is 0 Å². The number of imidazole rings is 1. The minimum absolute atomic E-state index is 0.0468. The summed E-state index contributed by atoms with van der Waals surface area (Å²) >= 11 is 0. The number of hydrogen-bond acceptors (Lipinski definition) is 4. The van der Waals surface area contributed by atoms with Crippen LogP contribution in [0, 0.1) is 0 Å². The minimum Gasteiger partial charge on any atom is -0.379 e. The maximum Gasteiger partial charge on any atom is 0.416 e. The fourth-order valence-corrected chi connectivity index (χ4v) is 3.49. The number of benzene rings is 2. The van der Waals surface area contributed by atoms with E-state index in [2.05, 4.69) is 20.6 Å². The zero-order valence-electron chi connectivity index (χ0n) is 16.0. The maximum absolute atomic E-state index is 13.2. The van der Waals surface area contributed by atoms with Gasteiger partial charge in [0.05, 0.1) is 41.7 Å². The van der Waals surface area contributed by atoms with Crippen molar-refractivity contribution in [3.63, 3.8) is 0 Å². The van der Waals surface area contributed by atoms with Crippen LogP contribution >= 0.6 is 0 Å². The summed E-state index contributed by atoms with van der Waals surface area (Å²) in [4.78, 5) is 20.1. The average Bonchev–Trinajstić information content (AvgIpc) is 3.36. The number of halogens is 3. The number of aromatic nitrogens is 2. The number of fused-ring (bicyclic) bond motifs is 1. The molecule has 30 heavy (non-hydrogen) atoms. The van der Waals surface area contributed by atoms with Gasteiger partial charge < -0.3 is 20.4 Å². The van der Waals surface area contributed by atoms with E-state index in [-0.39, 0.29) is 18.4 Å². The lowest BCUT2D eigenvalue weighted by Crippen LogP contribution is -2.36. The Morgan fingerprint density at radius 2 is 2.07 bits per heavy atom. The van der Waals surface area contributed by atoms with Crippen LogP contribution in [0.3, 0.4) is 0 Å². The molecule has 6 nitrogen and oxygen atoms in total. The van der Waals surface area contributed by atoms with Crippen LogP contribution in [0.1, 0.15) is 30.0 Å². The third-order valence-corrected chi connectivity index (χ3v) is 5.00. The molecular weight excluding hydrogens is 397 g/mol. The summed E-state index contributed by atoms with van der Waals surface area (Å²) in [5.41, 5.74) is 1.09. The second kappa shape index (κ2) is 8.35. The molecule has 9 heteroatoms. The Labute approximate surface area is 170 Å². The number of carbonyl (C=O) groups is 1. The zero-order valence-corrected chi connectivity index (χ0v) is 16.0. The highest BCUT2D eigenvalue weighted by atomic mass is 19.4. The van der Waals surface area contributed by atoms with E-state index >= 15 is 0 Å².